The van der Waals surface area contributed by atoms with Crippen molar-refractivity contribution in [2.75, 3.05) is 33.2 Å². The van der Waals surface area contributed by atoms with E-state index in [1.807, 2.05) is 76.4 Å². The first kappa shape index (κ1) is 32.4. The normalized spacial score (nSPS) is 12.9. The summed E-state index contributed by atoms with van der Waals surface area (Å²) in [6.45, 7) is 17.4. The molecule has 0 radical (unpaired) electrons. The number of hydrogen-bond donors (Lipinski definition) is 0. The van der Waals surface area contributed by atoms with Crippen LogP contribution >= 0.6 is 0 Å². The lowest BCUT2D eigenvalue weighted by Crippen LogP contribution is -2.43. The Hall–Kier alpha value is -3.79. The van der Waals surface area contributed by atoms with E-state index in [9.17, 15) is 4.79 Å². The fourth-order valence-electron chi connectivity index (χ4n) is 4.16. The average Bonchev–Trinajstić information content (AvgIpc) is 3.44. The molecule has 0 unspecified atom stereocenters. The molecule has 0 amide bonds. The van der Waals surface area contributed by atoms with Crippen LogP contribution in [0.2, 0.25) is 0 Å². The van der Waals surface area contributed by atoms with Crippen molar-refractivity contribution in [1.29, 1.82) is 0 Å². The van der Waals surface area contributed by atoms with Crippen LogP contribution < -0.4 is 0 Å². The van der Waals surface area contributed by atoms with Crippen LogP contribution in [0.4, 0.5) is 0 Å². The lowest BCUT2D eigenvalue weighted by Gasteiger charge is -2.32. The maximum atomic E-state index is 12.9. The van der Waals surface area contributed by atoms with Gasteiger partial charge >= 0.3 is 0 Å². The number of likely N-dealkylation sites (N-methyl/N-ethyl adjacent to an activating group) is 1. The highest BCUT2D eigenvalue weighted by Gasteiger charge is 2.14. The van der Waals surface area contributed by atoms with Crippen LogP contribution in [0.3, 0.4) is 0 Å². The smallest absolute Gasteiger partial charge is 0.167 e. The molecule has 1 aliphatic rings. The minimum atomic E-state index is 0.0938. The molecule has 4 aromatic rings. The summed E-state index contributed by atoms with van der Waals surface area (Å²) in [7, 11) is 2.17. The summed E-state index contributed by atoms with van der Waals surface area (Å²) < 4.78 is 1.89. The van der Waals surface area contributed by atoms with E-state index in [1.165, 1.54) is 5.56 Å². The highest BCUT2D eigenvalue weighted by atomic mass is 16.1. The molecule has 212 valence electrons. The number of ketones is 1. The van der Waals surface area contributed by atoms with Gasteiger partial charge in [-0.1, -0.05) is 83.9 Å². The van der Waals surface area contributed by atoms with Crippen molar-refractivity contribution in [2.24, 2.45) is 0 Å². The minimum Gasteiger partial charge on any atom is -0.304 e. The number of fused-ring (bicyclic) bond motifs is 1. The van der Waals surface area contributed by atoms with Gasteiger partial charge in [-0.2, -0.15) is 0 Å². The standard InChI is InChI=1S/C28H27N5O.3C2H6/c1-31-13-15-32(16-14-31)21-24-7-5-23(6-8-24)18-27(34)25-4-2-3-22(17-25)9-10-26-19-30-28-20-29-11-12-33(26)28;3*1-2/h2-8,11-12,17,19-20H,13-16,18,21H2,1H3;3*1-2H3. The minimum absolute atomic E-state index is 0.0938. The van der Waals surface area contributed by atoms with Crippen molar-refractivity contribution in [3.63, 3.8) is 0 Å². The first-order valence-electron chi connectivity index (χ1n) is 14.6. The van der Waals surface area contributed by atoms with Crippen LogP contribution in [-0.2, 0) is 13.0 Å². The first-order chi connectivity index (χ1) is 19.6. The Kier molecular flexibility index (Phi) is 14.4. The zero-order valence-electron chi connectivity index (χ0n) is 25.3. The second-order valence-corrected chi connectivity index (χ2v) is 8.77. The number of nitrogens with zero attached hydrogens (tertiary/aromatic N) is 5. The summed E-state index contributed by atoms with van der Waals surface area (Å²) in [6, 6.07) is 16.0. The number of hydrogen-bond acceptors (Lipinski definition) is 5. The Balaban J connectivity index is 0.000000876. The molecule has 0 atom stereocenters. The zero-order valence-corrected chi connectivity index (χ0v) is 25.3. The molecule has 3 heterocycles. The zero-order chi connectivity index (χ0) is 29.3. The molecule has 1 aliphatic heterocycles. The highest BCUT2D eigenvalue weighted by Crippen LogP contribution is 2.13. The molecule has 2 aromatic carbocycles. The van der Waals surface area contributed by atoms with E-state index in [1.54, 1.807) is 18.6 Å². The summed E-state index contributed by atoms with van der Waals surface area (Å²) in [5.74, 6) is 6.40. The van der Waals surface area contributed by atoms with E-state index in [2.05, 4.69) is 62.9 Å². The quantitative estimate of drug-likeness (QED) is 0.218. The molecule has 0 saturated carbocycles. The average molecular weight is 540 g/mol. The number of Topliss-reactive ketones (excluding diaryl/α,β-unsaturated/α-hetero) is 1. The van der Waals surface area contributed by atoms with Gasteiger partial charge in [0.15, 0.2) is 11.4 Å². The molecule has 40 heavy (non-hydrogen) atoms. The van der Waals surface area contributed by atoms with Crippen LogP contribution in [0, 0.1) is 11.8 Å². The Labute approximate surface area is 241 Å². The topological polar surface area (TPSA) is 53.7 Å². The third kappa shape index (κ3) is 9.44. The Morgan fingerprint density at radius 2 is 1.52 bits per heavy atom. The fourth-order valence-corrected chi connectivity index (χ4v) is 4.16. The number of rotatable bonds is 5. The number of imidazole rings is 1. The molecule has 6 nitrogen and oxygen atoms in total. The van der Waals surface area contributed by atoms with Gasteiger partial charge in [0.25, 0.3) is 0 Å². The van der Waals surface area contributed by atoms with Gasteiger partial charge in [0, 0.05) is 62.7 Å². The maximum Gasteiger partial charge on any atom is 0.167 e. The maximum absolute atomic E-state index is 12.9. The second kappa shape index (κ2) is 17.7. The summed E-state index contributed by atoms with van der Waals surface area (Å²) in [5.41, 5.74) is 5.34. The van der Waals surface area contributed by atoms with Gasteiger partial charge < -0.3 is 4.90 Å². The van der Waals surface area contributed by atoms with E-state index >= 15 is 0 Å². The van der Waals surface area contributed by atoms with Crippen molar-refractivity contribution < 1.29 is 4.79 Å². The summed E-state index contributed by atoms with van der Waals surface area (Å²) in [4.78, 5) is 26.1. The molecule has 2 aromatic heterocycles. The molecule has 1 saturated heterocycles. The summed E-state index contributed by atoms with van der Waals surface area (Å²) in [5, 5.41) is 0. The van der Waals surface area contributed by atoms with Gasteiger partial charge in [0.05, 0.1) is 12.4 Å². The lowest BCUT2D eigenvalue weighted by atomic mass is 10.0. The summed E-state index contributed by atoms with van der Waals surface area (Å²) in [6.07, 6.45) is 7.35. The third-order valence-electron chi connectivity index (χ3n) is 6.23. The van der Waals surface area contributed by atoms with Crippen LogP contribution in [-0.4, -0.2) is 63.2 Å². The number of carbonyl (C=O) groups is 1. The monoisotopic (exact) mass is 539 g/mol. The van der Waals surface area contributed by atoms with Gasteiger partial charge in [-0.3, -0.25) is 19.1 Å². The van der Waals surface area contributed by atoms with E-state index < -0.39 is 0 Å². The number of carbonyl (C=O) groups excluding carboxylic acids is 1. The first-order valence-corrected chi connectivity index (χ1v) is 14.6. The van der Waals surface area contributed by atoms with E-state index in [0.29, 0.717) is 12.0 Å². The Morgan fingerprint density at radius 1 is 0.850 bits per heavy atom. The van der Waals surface area contributed by atoms with Gasteiger partial charge in [-0.25, -0.2) is 4.98 Å². The van der Waals surface area contributed by atoms with Crippen molar-refractivity contribution in [3.05, 3.63) is 101 Å². The Bertz CT molecular complexity index is 1360. The molecule has 5 rings (SSSR count). The van der Waals surface area contributed by atoms with Crippen molar-refractivity contribution in [3.8, 4) is 11.8 Å². The third-order valence-corrected chi connectivity index (χ3v) is 6.23. The van der Waals surface area contributed by atoms with Crippen LogP contribution in [0.25, 0.3) is 5.65 Å². The molecule has 0 N–H and O–H groups in total. The van der Waals surface area contributed by atoms with E-state index in [0.717, 1.165) is 55.2 Å². The van der Waals surface area contributed by atoms with Gasteiger partial charge in [-0.05, 0) is 36.2 Å². The number of piperazine rings is 1. The summed E-state index contributed by atoms with van der Waals surface area (Å²) >= 11 is 0. The lowest BCUT2D eigenvalue weighted by molar-refractivity contribution is 0.0993. The second-order valence-electron chi connectivity index (χ2n) is 8.77. The molecule has 0 spiro atoms. The predicted octanol–water partition coefficient (Wildman–Crippen LogP) is 6.38. The van der Waals surface area contributed by atoms with Gasteiger partial charge in [0.1, 0.15) is 5.69 Å². The van der Waals surface area contributed by atoms with E-state index in [4.69, 9.17) is 0 Å². The van der Waals surface area contributed by atoms with Gasteiger partial charge in [-0.15, -0.1) is 0 Å². The van der Waals surface area contributed by atoms with Crippen LogP contribution in [0.1, 0.15) is 74.3 Å². The molecule has 0 bridgehead atoms. The number of benzene rings is 2. The molecule has 1 fully saturated rings. The Morgan fingerprint density at radius 3 is 2.23 bits per heavy atom. The molecular weight excluding hydrogens is 494 g/mol. The number of aromatic nitrogens is 3. The van der Waals surface area contributed by atoms with Gasteiger partial charge in [0.2, 0.25) is 0 Å². The van der Waals surface area contributed by atoms with E-state index in [-0.39, 0.29) is 5.78 Å². The van der Waals surface area contributed by atoms with Crippen LogP contribution in [0.15, 0.2) is 73.3 Å². The molecule has 0 aliphatic carbocycles. The van der Waals surface area contributed by atoms with Crippen molar-refractivity contribution >= 4 is 11.4 Å². The fraction of sp³-hybridized carbons (Fsp3) is 0.382. The molecular formula is C34H45N5O. The van der Waals surface area contributed by atoms with Crippen molar-refractivity contribution in [2.45, 2.75) is 54.5 Å². The highest BCUT2D eigenvalue weighted by molar-refractivity contribution is 5.97. The molecule has 6 heteroatoms. The predicted molar refractivity (Wildman–Crippen MR) is 167 cm³/mol. The van der Waals surface area contributed by atoms with Crippen molar-refractivity contribution in [1.82, 2.24) is 24.2 Å². The van der Waals surface area contributed by atoms with Crippen LogP contribution in [0.5, 0.6) is 0 Å². The SMILES string of the molecule is CC.CC.CC.CN1CCN(Cc2ccc(CC(=O)c3cccc(C#Cc4cnc5cnccn45)c3)cc2)CC1. The largest absolute Gasteiger partial charge is 0.304 e.